The minimum atomic E-state index is -1.71. The minimum Gasteiger partial charge on any atom is -0.271 e. The molecular formula is C3H6F2N2. The molecule has 0 aromatic carbocycles. The highest BCUT2D eigenvalue weighted by Gasteiger charge is 1.81. The molecule has 0 bridgehead atoms. The molecule has 0 aromatic heterocycles. The Bertz CT molecular complexity index is 67.3. The first-order chi connectivity index (χ1) is 3.27. The molecule has 0 radical (unpaired) electrons. The highest BCUT2D eigenvalue weighted by atomic mass is 19.3. The summed E-state index contributed by atoms with van der Waals surface area (Å²) in [4.78, 5) is 0. The van der Waals surface area contributed by atoms with E-state index in [9.17, 15) is 8.78 Å². The molecule has 4 heteroatoms. The highest BCUT2D eigenvalue weighted by Crippen LogP contribution is 1.92. The molecule has 0 aliphatic heterocycles. The third kappa shape index (κ3) is 5.52. The van der Waals surface area contributed by atoms with Crippen molar-refractivity contribution in [2.24, 2.45) is 5.84 Å². The summed E-state index contributed by atoms with van der Waals surface area (Å²) < 4.78 is 22.0. The number of rotatable bonds is 2. The first-order valence-electron chi connectivity index (χ1n) is 1.72. The zero-order chi connectivity index (χ0) is 5.70. The van der Waals surface area contributed by atoms with Gasteiger partial charge in [0.05, 0.1) is 0 Å². The fourth-order valence-electron chi connectivity index (χ4n) is 0.136. The summed E-state index contributed by atoms with van der Waals surface area (Å²) in [5.41, 5.74) is 2.04. The van der Waals surface area contributed by atoms with Crippen molar-refractivity contribution in [2.75, 3.05) is 6.54 Å². The molecule has 0 atom stereocenters. The maximum atomic E-state index is 11.0. The molecule has 0 aliphatic carbocycles. The fraction of sp³-hybridized carbons (Fsp3) is 0.333. The van der Waals surface area contributed by atoms with Crippen LogP contribution in [0.4, 0.5) is 8.78 Å². The first kappa shape index (κ1) is 6.52. The Labute approximate surface area is 40.0 Å². The Kier molecular flexibility index (Phi) is 3.45. The van der Waals surface area contributed by atoms with Gasteiger partial charge in [-0.3, -0.25) is 11.3 Å². The maximum Gasteiger partial charge on any atom is 0.267 e. The molecule has 0 rings (SSSR count). The van der Waals surface area contributed by atoms with Crippen LogP contribution in [0.3, 0.4) is 0 Å². The summed E-state index contributed by atoms with van der Waals surface area (Å²) in [6.45, 7) is 0.0162. The summed E-state index contributed by atoms with van der Waals surface area (Å²) in [7, 11) is 0. The Balaban J connectivity index is 3.08. The smallest absolute Gasteiger partial charge is 0.267 e. The summed E-state index contributed by atoms with van der Waals surface area (Å²) in [5.74, 6) is 4.65. The molecule has 0 aliphatic rings. The molecule has 3 N–H and O–H groups in total. The molecule has 2 nitrogen and oxygen atoms in total. The third-order valence-corrected chi connectivity index (χ3v) is 0.374. The van der Waals surface area contributed by atoms with Gasteiger partial charge in [-0.2, -0.15) is 8.78 Å². The second kappa shape index (κ2) is 3.70. The lowest BCUT2D eigenvalue weighted by atomic mass is 10.6. The lowest BCUT2D eigenvalue weighted by Gasteiger charge is -1.83. The molecule has 0 aromatic rings. The molecule has 0 fully saturated rings. The van der Waals surface area contributed by atoms with Gasteiger partial charge in [-0.25, -0.2) is 0 Å². The van der Waals surface area contributed by atoms with Gasteiger partial charge in [-0.05, 0) is 6.08 Å². The van der Waals surface area contributed by atoms with Crippen LogP contribution in [0.5, 0.6) is 0 Å². The van der Waals surface area contributed by atoms with Crippen molar-refractivity contribution in [3.05, 3.63) is 12.2 Å². The number of halogens is 2. The van der Waals surface area contributed by atoms with Crippen LogP contribution < -0.4 is 11.3 Å². The van der Waals surface area contributed by atoms with Crippen LogP contribution in [0.1, 0.15) is 0 Å². The van der Waals surface area contributed by atoms with E-state index in [1.807, 2.05) is 5.43 Å². The lowest BCUT2D eigenvalue weighted by molar-refractivity contribution is 0.417. The summed E-state index contributed by atoms with van der Waals surface area (Å²) in [6.07, 6.45) is -1.02. The van der Waals surface area contributed by atoms with E-state index in [0.29, 0.717) is 6.08 Å². The summed E-state index contributed by atoms with van der Waals surface area (Å²) in [6, 6.07) is 0. The Hall–Kier alpha value is -0.480. The van der Waals surface area contributed by atoms with E-state index < -0.39 is 6.08 Å². The van der Waals surface area contributed by atoms with Crippen molar-refractivity contribution in [3.8, 4) is 0 Å². The Morgan fingerprint density at radius 2 is 2.29 bits per heavy atom. The molecule has 0 saturated carbocycles. The largest absolute Gasteiger partial charge is 0.271 e. The van der Waals surface area contributed by atoms with Crippen molar-refractivity contribution in [1.29, 1.82) is 0 Å². The van der Waals surface area contributed by atoms with E-state index in [4.69, 9.17) is 0 Å². The van der Waals surface area contributed by atoms with Crippen molar-refractivity contribution in [3.63, 3.8) is 0 Å². The van der Waals surface area contributed by atoms with Gasteiger partial charge in [-0.15, -0.1) is 0 Å². The van der Waals surface area contributed by atoms with Crippen LogP contribution in [0, 0.1) is 0 Å². The van der Waals surface area contributed by atoms with Gasteiger partial charge >= 0.3 is 0 Å². The first-order valence-corrected chi connectivity index (χ1v) is 1.72. The zero-order valence-corrected chi connectivity index (χ0v) is 3.62. The number of hydrogen-bond acceptors (Lipinski definition) is 2. The van der Waals surface area contributed by atoms with E-state index >= 15 is 0 Å². The molecule has 0 heterocycles. The summed E-state index contributed by atoms with van der Waals surface area (Å²) >= 11 is 0. The van der Waals surface area contributed by atoms with E-state index in [1.54, 1.807) is 0 Å². The molecule has 0 amide bonds. The molecule has 42 valence electrons. The molecule has 0 saturated heterocycles. The molecular weight excluding hydrogens is 102 g/mol. The number of hydrazine groups is 1. The van der Waals surface area contributed by atoms with Gasteiger partial charge in [0.2, 0.25) is 0 Å². The highest BCUT2D eigenvalue weighted by molar-refractivity contribution is 4.81. The predicted octanol–water partition coefficient (Wildman–Crippen LogP) is 0.230. The third-order valence-electron chi connectivity index (χ3n) is 0.374. The van der Waals surface area contributed by atoms with Crippen LogP contribution in [0.25, 0.3) is 0 Å². The van der Waals surface area contributed by atoms with Crippen LogP contribution in [0.2, 0.25) is 0 Å². The van der Waals surface area contributed by atoms with Crippen LogP contribution in [-0.2, 0) is 0 Å². The van der Waals surface area contributed by atoms with Crippen molar-refractivity contribution in [2.45, 2.75) is 0 Å². The van der Waals surface area contributed by atoms with E-state index in [1.165, 1.54) is 0 Å². The lowest BCUT2D eigenvalue weighted by Crippen LogP contribution is -2.21. The van der Waals surface area contributed by atoms with Crippen molar-refractivity contribution < 1.29 is 8.78 Å². The van der Waals surface area contributed by atoms with Gasteiger partial charge in [0.15, 0.2) is 0 Å². The van der Waals surface area contributed by atoms with Crippen LogP contribution in [-0.4, -0.2) is 6.54 Å². The van der Waals surface area contributed by atoms with Gasteiger partial charge in [0.25, 0.3) is 6.08 Å². The quantitative estimate of drug-likeness (QED) is 0.392. The monoisotopic (exact) mass is 108 g/mol. The van der Waals surface area contributed by atoms with Gasteiger partial charge < -0.3 is 0 Å². The number of nitrogens with two attached hydrogens (primary N) is 1. The normalized spacial score (nSPS) is 8.43. The van der Waals surface area contributed by atoms with Gasteiger partial charge in [0.1, 0.15) is 0 Å². The molecule has 0 spiro atoms. The van der Waals surface area contributed by atoms with Crippen molar-refractivity contribution >= 4 is 0 Å². The molecule has 7 heavy (non-hydrogen) atoms. The zero-order valence-electron chi connectivity index (χ0n) is 3.62. The predicted molar refractivity (Wildman–Crippen MR) is 22.5 cm³/mol. The van der Waals surface area contributed by atoms with E-state index in [2.05, 4.69) is 5.84 Å². The second-order valence-electron chi connectivity index (χ2n) is 0.902. The average Bonchev–Trinajstić information content (AvgIpc) is 1.61. The number of nitrogens with one attached hydrogen (secondary N) is 1. The van der Waals surface area contributed by atoms with E-state index in [0.717, 1.165) is 0 Å². The average molecular weight is 108 g/mol. The van der Waals surface area contributed by atoms with Gasteiger partial charge in [-0.1, -0.05) is 0 Å². The second-order valence-corrected chi connectivity index (χ2v) is 0.902. The van der Waals surface area contributed by atoms with Crippen LogP contribution in [0.15, 0.2) is 12.2 Å². The van der Waals surface area contributed by atoms with Crippen molar-refractivity contribution in [1.82, 2.24) is 5.43 Å². The maximum absolute atomic E-state index is 11.0. The standard InChI is InChI=1S/C3H6F2N2/c4-3(5)1-2-7-6/h1,7H,2,6H2. The van der Waals surface area contributed by atoms with Gasteiger partial charge in [0, 0.05) is 6.54 Å². The minimum absolute atomic E-state index is 0.0162. The summed E-state index contributed by atoms with van der Waals surface area (Å²) in [5, 5.41) is 0. The fourth-order valence-corrected chi connectivity index (χ4v) is 0.136. The van der Waals surface area contributed by atoms with Crippen LogP contribution >= 0.6 is 0 Å². The Morgan fingerprint density at radius 1 is 1.71 bits per heavy atom. The Morgan fingerprint density at radius 3 is 2.43 bits per heavy atom. The topological polar surface area (TPSA) is 38.0 Å². The SMILES string of the molecule is NNCC=C(F)F. The van der Waals surface area contributed by atoms with E-state index in [-0.39, 0.29) is 6.54 Å². The number of hydrogen-bond donors (Lipinski definition) is 2. The molecule has 0 unspecified atom stereocenters.